The molecule has 138 valence electrons. The predicted octanol–water partition coefficient (Wildman–Crippen LogP) is 3.75. The molecule has 0 aliphatic rings. The Morgan fingerprint density at radius 1 is 1.31 bits per heavy atom. The molecular formula is C17H17F4N5. The van der Waals surface area contributed by atoms with Crippen LogP contribution in [-0.4, -0.2) is 25.9 Å². The second-order valence-electron chi connectivity index (χ2n) is 5.68. The number of imidazole rings is 1. The molecule has 26 heavy (non-hydrogen) atoms. The molecule has 9 heteroatoms. The number of nitrogens with two attached hydrogens (primary N) is 1. The number of hydrogen-bond donors (Lipinski definition) is 1. The highest BCUT2D eigenvalue weighted by Crippen LogP contribution is 2.37. The highest BCUT2D eigenvalue weighted by Gasteiger charge is 2.32. The summed E-state index contributed by atoms with van der Waals surface area (Å²) in [5, 5.41) is 4.11. The van der Waals surface area contributed by atoms with Gasteiger partial charge >= 0.3 is 6.18 Å². The topological polar surface area (TPSA) is 61.7 Å². The molecule has 2 heterocycles. The molecule has 0 bridgehead atoms. The quantitative estimate of drug-likeness (QED) is 0.699. The Morgan fingerprint density at radius 3 is 2.73 bits per heavy atom. The van der Waals surface area contributed by atoms with Crippen molar-refractivity contribution in [2.75, 3.05) is 6.54 Å². The molecule has 5 nitrogen and oxygen atoms in total. The maximum atomic E-state index is 13.8. The zero-order chi connectivity index (χ0) is 18.9. The van der Waals surface area contributed by atoms with Gasteiger partial charge in [-0.05, 0) is 31.2 Å². The summed E-state index contributed by atoms with van der Waals surface area (Å²) in [6.45, 7) is 2.11. The Kier molecular flexibility index (Phi) is 4.82. The van der Waals surface area contributed by atoms with Crippen LogP contribution in [0.1, 0.15) is 12.5 Å². The maximum Gasteiger partial charge on any atom is 0.416 e. The van der Waals surface area contributed by atoms with Gasteiger partial charge in [-0.2, -0.15) is 18.3 Å². The van der Waals surface area contributed by atoms with Crippen molar-refractivity contribution in [3.05, 3.63) is 48.2 Å². The Morgan fingerprint density at radius 2 is 2.08 bits per heavy atom. The van der Waals surface area contributed by atoms with Crippen molar-refractivity contribution in [1.82, 2.24) is 19.3 Å². The van der Waals surface area contributed by atoms with Gasteiger partial charge in [0.15, 0.2) is 0 Å². The monoisotopic (exact) mass is 367 g/mol. The third-order valence-electron chi connectivity index (χ3n) is 4.01. The van der Waals surface area contributed by atoms with E-state index in [9.17, 15) is 17.6 Å². The average molecular weight is 367 g/mol. The van der Waals surface area contributed by atoms with Gasteiger partial charge in [0.2, 0.25) is 0 Å². The first kappa shape index (κ1) is 18.1. The molecule has 0 unspecified atom stereocenters. The third kappa shape index (κ3) is 3.34. The third-order valence-corrected chi connectivity index (χ3v) is 4.01. The Hall–Kier alpha value is -2.68. The SMILES string of the molecule is CCn1nccc1-c1cc(C(F)(F)F)cc2c1ncn2C/C(F)=C/CN. The molecule has 3 aromatic rings. The van der Waals surface area contributed by atoms with Gasteiger partial charge in [-0.1, -0.05) is 0 Å². The lowest BCUT2D eigenvalue weighted by Crippen LogP contribution is -2.07. The van der Waals surface area contributed by atoms with Gasteiger partial charge in [0, 0.05) is 24.8 Å². The molecule has 0 spiro atoms. The first-order valence-corrected chi connectivity index (χ1v) is 7.98. The lowest BCUT2D eigenvalue weighted by molar-refractivity contribution is -0.137. The summed E-state index contributed by atoms with van der Waals surface area (Å²) in [4.78, 5) is 4.22. The number of aryl methyl sites for hydroxylation is 1. The van der Waals surface area contributed by atoms with E-state index in [1.807, 2.05) is 6.92 Å². The second kappa shape index (κ2) is 6.91. The van der Waals surface area contributed by atoms with Gasteiger partial charge in [-0.25, -0.2) is 9.37 Å². The van der Waals surface area contributed by atoms with E-state index in [4.69, 9.17) is 5.73 Å². The van der Waals surface area contributed by atoms with Crippen molar-refractivity contribution in [3.8, 4) is 11.3 Å². The number of hydrogen-bond acceptors (Lipinski definition) is 3. The molecule has 0 saturated heterocycles. The van der Waals surface area contributed by atoms with Gasteiger partial charge in [-0.3, -0.25) is 4.68 Å². The molecule has 0 aliphatic heterocycles. The Bertz CT molecular complexity index is 952. The van der Waals surface area contributed by atoms with Crippen molar-refractivity contribution >= 4 is 11.0 Å². The fourth-order valence-electron chi connectivity index (χ4n) is 2.82. The van der Waals surface area contributed by atoms with Gasteiger partial charge in [0.25, 0.3) is 0 Å². The van der Waals surface area contributed by atoms with Crippen LogP contribution >= 0.6 is 0 Å². The van der Waals surface area contributed by atoms with Gasteiger partial charge < -0.3 is 10.3 Å². The van der Waals surface area contributed by atoms with Crippen molar-refractivity contribution in [2.45, 2.75) is 26.2 Å². The van der Waals surface area contributed by atoms with E-state index in [0.29, 0.717) is 23.3 Å². The first-order valence-electron chi connectivity index (χ1n) is 7.98. The van der Waals surface area contributed by atoms with Crippen LogP contribution in [0.4, 0.5) is 17.6 Å². The minimum atomic E-state index is -4.54. The summed E-state index contributed by atoms with van der Waals surface area (Å²) in [6.07, 6.45) is -0.524. The van der Waals surface area contributed by atoms with E-state index >= 15 is 0 Å². The number of aromatic nitrogens is 4. The molecule has 0 aliphatic carbocycles. The summed E-state index contributed by atoms with van der Waals surface area (Å²) in [7, 11) is 0. The van der Waals surface area contributed by atoms with E-state index in [-0.39, 0.29) is 18.6 Å². The molecule has 0 atom stereocenters. The Labute approximate surface area is 146 Å². The minimum Gasteiger partial charge on any atom is -0.327 e. The van der Waals surface area contributed by atoms with Gasteiger partial charge in [-0.15, -0.1) is 0 Å². The van der Waals surface area contributed by atoms with E-state index in [1.54, 1.807) is 10.7 Å². The molecule has 1 aromatic carbocycles. The van der Waals surface area contributed by atoms with E-state index < -0.39 is 17.6 Å². The van der Waals surface area contributed by atoms with Crippen molar-refractivity contribution in [1.29, 1.82) is 0 Å². The molecule has 3 rings (SSSR count). The molecule has 0 amide bonds. The van der Waals surface area contributed by atoms with Crippen LogP contribution in [0.3, 0.4) is 0 Å². The number of allylic oxidation sites excluding steroid dienone is 1. The average Bonchev–Trinajstić information content (AvgIpc) is 3.20. The summed E-state index contributed by atoms with van der Waals surface area (Å²) in [6, 6.07) is 3.66. The van der Waals surface area contributed by atoms with E-state index in [0.717, 1.165) is 12.1 Å². The molecule has 0 saturated carbocycles. The molecule has 0 radical (unpaired) electrons. The highest BCUT2D eigenvalue weighted by atomic mass is 19.4. The van der Waals surface area contributed by atoms with Crippen LogP contribution in [0, 0.1) is 0 Å². The fraction of sp³-hybridized carbons (Fsp3) is 0.294. The van der Waals surface area contributed by atoms with Gasteiger partial charge in [0.1, 0.15) is 5.83 Å². The van der Waals surface area contributed by atoms with E-state index in [1.165, 1.54) is 23.2 Å². The predicted molar refractivity (Wildman–Crippen MR) is 89.9 cm³/mol. The lowest BCUT2D eigenvalue weighted by Gasteiger charge is -2.12. The summed E-state index contributed by atoms with van der Waals surface area (Å²) in [5.74, 6) is -0.538. The molecular weight excluding hydrogens is 350 g/mol. The fourth-order valence-corrected chi connectivity index (χ4v) is 2.82. The Balaban J connectivity index is 2.24. The van der Waals surface area contributed by atoms with E-state index in [2.05, 4.69) is 10.1 Å². The first-order chi connectivity index (χ1) is 12.3. The second-order valence-corrected chi connectivity index (χ2v) is 5.68. The number of nitrogens with zero attached hydrogens (tertiary/aromatic N) is 4. The number of rotatable bonds is 5. The van der Waals surface area contributed by atoms with Crippen molar-refractivity contribution in [3.63, 3.8) is 0 Å². The van der Waals surface area contributed by atoms with Crippen molar-refractivity contribution in [2.24, 2.45) is 5.73 Å². The summed E-state index contributed by atoms with van der Waals surface area (Å²) < 4.78 is 56.9. The van der Waals surface area contributed by atoms with Crippen LogP contribution in [0.15, 0.2) is 42.6 Å². The van der Waals surface area contributed by atoms with Crippen LogP contribution in [0.5, 0.6) is 0 Å². The number of halogens is 4. The van der Waals surface area contributed by atoms with Crippen LogP contribution in [0.2, 0.25) is 0 Å². The minimum absolute atomic E-state index is 0.00714. The standard InChI is InChI=1S/C17H17F4N5/c1-2-26-14(4-6-24-26)13-7-11(17(19,20)21)8-15-16(13)23-10-25(15)9-12(18)3-5-22/h3-4,6-8,10H,2,5,9,22H2,1H3/b12-3-. The maximum absolute atomic E-state index is 13.8. The van der Waals surface area contributed by atoms with Crippen molar-refractivity contribution < 1.29 is 17.6 Å². The number of alkyl halides is 3. The molecule has 2 aromatic heterocycles. The molecule has 0 fully saturated rings. The normalized spacial score (nSPS) is 12.9. The zero-order valence-electron chi connectivity index (χ0n) is 14.0. The molecule has 2 N–H and O–H groups in total. The van der Waals surface area contributed by atoms with Crippen LogP contribution in [0.25, 0.3) is 22.3 Å². The lowest BCUT2D eigenvalue weighted by atomic mass is 10.0. The summed E-state index contributed by atoms with van der Waals surface area (Å²) in [5.41, 5.74) is 5.82. The zero-order valence-corrected chi connectivity index (χ0v) is 14.0. The van der Waals surface area contributed by atoms with Crippen LogP contribution in [-0.2, 0) is 19.3 Å². The summed E-state index contributed by atoms with van der Waals surface area (Å²) >= 11 is 0. The van der Waals surface area contributed by atoms with Gasteiger partial charge in [0.05, 0.1) is 35.2 Å². The van der Waals surface area contributed by atoms with Crippen LogP contribution < -0.4 is 5.73 Å². The largest absolute Gasteiger partial charge is 0.416 e. The smallest absolute Gasteiger partial charge is 0.327 e. The number of fused-ring (bicyclic) bond motifs is 1. The highest BCUT2D eigenvalue weighted by molar-refractivity contribution is 5.92. The number of benzene rings is 1.